The molecule has 0 bridgehead atoms. The van der Waals surface area contributed by atoms with Crippen LogP contribution >= 0.6 is 0 Å². The van der Waals surface area contributed by atoms with Crippen molar-refractivity contribution in [2.24, 2.45) is 5.10 Å². The zero-order valence-electron chi connectivity index (χ0n) is 10.6. The molecule has 2 heterocycles. The van der Waals surface area contributed by atoms with Crippen molar-refractivity contribution in [3.8, 4) is 0 Å². The van der Waals surface area contributed by atoms with Crippen molar-refractivity contribution >= 4 is 11.5 Å². The number of rotatable bonds is 2. The summed E-state index contributed by atoms with van der Waals surface area (Å²) in [6.45, 7) is 4.07. The average Bonchev–Trinajstić information content (AvgIpc) is 2.96. The Labute approximate surface area is 106 Å². The number of hydrogen-bond acceptors (Lipinski definition) is 3. The minimum atomic E-state index is 0.258. The van der Waals surface area contributed by atoms with Gasteiger partial charge in [-0.25, -0.2) is 5.01 Å². The van der Waals surface area contributed by atoms with Crippen molar-refractivity contribution < 1.29 is 0 Å². The molecule has 4 heteroatoms. The molecule has 2 aromatic rings. The molecular formula is C14H16N4. The Bertz CT molecular complexity index is 570. The fraction of sp³-hybridized carbons (Fsp3) is 0.286. The summed E-state index contributed by atoms with van der Waals surface area (Å²) in [5.74, 6) is 0.887. The topological polar surface area (TPSA) is 44.3 Å². The number of aromatic nitrogens is 2. The van der Waals surface area contributed by atoms with Gasteiger partial charge < -0.3 is 0 Å². The Morgan fingerprint density at radius 1 is 1.22 bits per heavy atom. The first-order valence-electron chi connectivity index (χ1n) is 6.14. The Hall–Kier alpha value is -2.10. The molecule has 92 valence electrons. The third-order valence-electron chi connectivity index (χ3n) is 3.17. The van der Waals surface area contributed by atoms with Gasteiger partial charge in [0.25, 0.3) is 0 Å². The van der Waals surface area contributed by atoms with Gasteiger partial charge in [0.05, 0.1) is 6.04 Å². The van der Waals surface area contributed by atoms with Crippen molar-refractivity contribution in [3.05, 3.63) is 47.7 Å². The van der Waals surface area contributed by atoms with Crippen LogP contribution in [-0.4, -0.2) is 15.9 Å². The Balaban J connectivity index is 1.96. The van der Waals surface area contributed by atoms with E-state index in [2.05, 4.69) is 46.5 Å². The molecule has 0 unspecified atom stereocenters. The van der Waals surface area contributed by atoms with Gasteiger partial charge in [0.1, 0.15) is 0 Å². The van der Waals surface area contributed by atoms with E-state index >= 15 is 0 Å². The second-order valence-electron chi connectivity index (χ2n) is 4.72. The van der Waals surface area contributed by atoms with E-state index in [4.69, 9.17) is 0 Å². The highest BCUT2D eigenvalue weighted by Crippen LogP contribution is 2.33. The summed E-state index contributed by atoms with van der Waals surface area (Å²) in [7, 11) is 0. The fourth-order valence-corrected chi connectivity index (χ4v) is 2.33. The molecule has 3 rings (SSSR count). The highest BCUT2D eigenvalue weighted by atomic mass is 15.5. The first kappa shape index (κ1) is 11.0. The third-order valence-corrected chi connectivity index (χ3v) is 3.17. The lowest BCUT2D eigenvalue weighted by Crippen LogP contribution is -2.18. The van der Waals surface area contributed by atoms with Gasteiger partial charge in [-0.1, -0.05) is 30.3 Å². The van der Waals surface area contributed by atoms with E-state index < -0.39 is 0 Å². The molecule has 1 atom stereocenters. The van der Waals surface area contributed by atoms with Gasteiger partial charge in [-0.3, -0.25) is 5.10 Å². The summed E-state index contributed by atoms with van der Waals surface area (Å²) in [5.41, 5.74) is 3.47. The van der Waals surface area contributed by atoms with Gasteiger partial charge in [-0.15, -0.1) is 0 Å². The molecule has 1 aliphatic heterocycles. The van der Waals surface area contributed by atoms with Crippen LogP contribution in [0, 0.1) is 6.92 Å². The van der Waals surface area contributed by atoms with Crippen LogP contribution in [0.15, 0.2) is 41.5 Å². The maximum atomic E-state index is 4.60. The van der Waals surface area contributed by atoms with Gasteiger partial charge in [-0.2, -0.15) is 10.2 Å². The number of hydrazone groups is 1. The molecular weight excluding hydrogens is 224 g/mol. The van der Waals surface area contributed by atoms with Gasteiger partial charge in [0.15, 0.2) is 5.82 Å². The van der Waals surface area contributed by atoms with Crippen LogP contribution in [0.4, 0.5) is 5.82 Å². The van der Waals surface area contributed by atoms with Gasteiger partial charge in [0, 0.05) is 23.9 Å². The fourth-order valence-electron chi connectivity index (χ4n) is 2.33. The van der Waals surface area contributed by atoms with E-state index in [1.165, 1.54) is 5.56 Å². The molecule has 1 N–H and O–H groups in total. The second-order valence-corrected chi connectivity index (χ2v) is 4.72. The lowest BCUT2D eigenvalue weighted by molar-refractivity contribution is 0.697. The molecule has 0 saturated carbocycles. The second kappa shape index (κ2) is 4.29. The molecule has 4 nitrogen and oxygen atoms in total. The molecule has 1 aromatic heterocycles. The lowest BCUT2D eigenvalue weighted by Gasteiger charge is -2.21. The average molecular weight is 240 g/mol. The number of nitrogens with one attached hydrogen (secondary N) is 1. The van der Waals surface area contributed by atoms with Crippen LogP contribution in [0.1, 0.15) is 30.6 Å². The number of aromatic amines is 1. The summed E-state index contributed by atoms with van der Waals surface area (Å²) < 4.78 is 0. The van der Waals surface area contributed by atoms with Crippen molar-refractivity contribution in [2.45, 2.75) is 26.3 Å². The Kier molecular flexibility index (Phi) is 2.63. The molecule has 0 aliphatic carbocycles. The Morgan fingerprint density at radius 3 is 2.67 bits per heavy atom. The molecule has 0 amide bonds. The van der Waals surface area contributed by atoms with Gasteiger partial charge in [-0.05, 0) is 19.4 Å². The molecule has 0 spiro atoms. The number of hydrogen-bond donors (Lipinski definition) is 1. The standard InChI is InChI=1S/C14H16N4/c1-10-9-14(16-15-10)18-13(8-11(2)17-18)12-6-4-3-5-7-12/h3-7,9,13H,8H2,1-2H3,(H,15,16)/t13-/m1/s1. The summed E-state index contributed by atoms with van der Waals surface area (Å²) in [6, 6.07) is 12.7. The molecule has 0 saturated heterocycles. The highest BCUT2D eigenvalue weighted by molar-refractivity contribution is 5.86. The van der Waals surface area contributed by atoms with Crippen LogP contribution in [0.2, 0.25) is 0 Å². The largest absolute Gasteiger partial charge is 0.281 e. The summed E-state index contributed by atoms with van der Waals surface area (Å²) in [5, 5.41) is 13.9. The van der Waals surface area contributed by atoms with Crippen molar-refractivity contribution in [2.75, 3.05) is 5.01 Å². The first-order chi connectivity index (χ1) is 8.74. The number of aryl methyl sites for hydroxylation is 1. The van der Waals surface area contributed by atoms with E-state index in [9.17, 15) is 0 Å². The summed E-state index contributed by atoms with van der Waals surface area (Å²) >= 11 is 0. The molecule has 1 aliphatic rings. The van der Waals surface area contributed by atoms with Crippen LogP contribution in [0.5, 0.6) is 0 Å². The molecule has 0 fully saturated rings. The SMILES string of the molecule is CC1=NN(c2cc(C)[nH]n2)[C@@H](c2ccccc2)C1. The molecule has 18 heavy (non-hydrogen) atoms. The van der Waals surface area contributed by atoms with Crippen LogP contribution < -0.4 is 5.01 Å². The zero-order chi connectivity index (χ0) is 12.5. The maximum absolute atomic E-state index is 4.60. The smallest absolute Gasteiger partial charge is 0.171 e. The van der Waals surface area contributed by atoms with Crippen LogP contribution in [-0.2, 0) is 0 Å². The van der Waals surface area contributed by atoms with E-state index in [1.54, 1.807) is 0 Å². The predicted octanol–water partition coefficient (Wildman–Crippen LogP) is 3.05. The normalized spacial score (nSPS) is 19.1. The number of H-pyrrole nitrogens is 1. The lowest BCUT2D eigenvalue weighted by atomic mass is 10.0. The quantitative estimate of drug-likeness (QED) is 0.876. The monoisotopic (exact) mass is 240 g/mol. The number of anilines is 1. The molecule has 0 radical (unpaired) electrons. The minimum Gasteiger partial charge on any atom is -0.281 e. The molecule has 1 aromatic carbocycles. The minimum absolute atomic E-state index is 0.258. The zero-order valence-corrected chi connectivity index (χ0v) is 10.6. The first-order valence-corrected chi connectivity index (χ1v) is 6.14. The van der Waals surface area contributed by atoms with Gasteiger partial charge in [0.2, 0.25) is 0 Å². The number of benzene rings is 1. The maximum Gasteiger partial charge on any atom is 0.171 e. The van der Waals surface area contributed by atoms with Gasteiger partial charge >= 0.3 is 0 Å². The van der Waals surface area contributed by atoms with E-state index in [0.29, 0.717) is 0 Å². The highest BCUT2D eigenvalue weighted by Gasteiger charge is 2.28. The van der Waals surface area contributed by atoms with E-state index in [-0.39, 0.29) is 6.04 Å². The van der Waals surface area contributed by atoms with Crippen molar-refractivity contribution in [1.29, 1.82) is 0 Å². The summed E-state index contributed by atoms with van der Waals surface area (Å²) in [6.07, 6.45) is 0.954. The third kappa shape index (κ3) is 1.90. The van der Waals surface area contributed by atoms with Crippen molar-refractivity contribution in [1.82, 2.24) is 10.2 Å². The van der Waals surface area contributed by atoms with Crippen LogP contribution in [0.25, 0.3) is 0 Å². The summed E-state index contributed by atoms with van der Waals surface area (Å²) in [4.78, 5) is 0. The van der Waals surface area contributed by atoms with Crippen LogP contribution in [0.3, 0.4) is 0 Å². The van der Waals surface area contributed by atoms with E-state index in [1.807, 2.05) is 24.1 Å². The van der Waals surface area contributed by atoms with Crippen molar-refractivity contribution in [3.63, 3.8) is 0 Å². The Morgan fingerprint density at radius 2 is 2.00 bits per heavy atom. The predicted molar refractivity (Wildman–Crippen MR) is 72.7 cm³/mol. The van der Waals surface area contributed by atoms with E-state index in [0.717, 1.165) is 23.6 Å². The number of nitrogens with zero attached hydrogens (tertiary/aromatic N) is 3.